The third-order valence-corrected chi connectivity index (χ3v) is 5.23. The van der Waals surface area contributed by atoms with Crippen molar-refractivity contribution in [3.63, 3.8) is 0 Å². The molecule has 0 saturated carbocycles. The van der Waals surface area contributed by atoms with Crippen LogP contribution in [0.15, 0.2) is 35.3 Å². The van der Waals surface area contributed by atoms with E-state index in [1.807, 2.05) is 18.2 Å². The number of halogens is 4. The normalized spacial score (nSPS) is 21.6. The lowest BCUT2D eigenvalue weighted by atomic mass is 10.1. The molecule has 0 bridgehead atoms. The van der Waals surface area contributed by atoms with Gasteiger partial charge in [-0.2, -0.15) is 13.2 Å². The first-order chi connectivity index (χ1) is 12.9. The molecule has 1 unspecified atom stereocenters. The van der Waals surface area contributed by atoms with E-state index in [2.05, 4.69) is 32.2 Å². The zero-order valence-electron chi connectivity index (χ0n) is 16.2. The zero-order chi connectivity index (χ0) is 19.3. The molecule has 0 amide bonds. The van der Waals surface area contributed by atoms with Gasteiger partial charge in [-0.25, -0.2) is 0 Å². The summed E-state index contributed by atoms with van der Waals surface area (Å²) in [6.07, 6.45) is -3.32. The highest BCUT2D eigenvalue weighted by Gasteiger charge is 2.34. The van der Waals surface area contributed by atoms with Crippen molar-refractivity contribution in [2.45, 2.75) is 12.6 Å². The van der Waals surface area contributed by atoms with Gasteiger partial charge in [-0.1, -0.05) is 18.2 Å². The summed E-state index contributed by atoms with van der Waals surface area (Å²) in [6, 6.07) is 10.4. The summed E-state index contributed by atoms with van der Waals surface area (Å²) in [7, 11) is 1.76. The Bertz CT molecular complexity index is 618. The third kappa shape index (κ3) is 6.68. The van der Waals surface area contributed by atoms with Crippen LogP contribution in [0.5, 0.6) is 0 Å². The SMILES string of the molecule is CN=C(NCC1CCN(CC(F)(F)F)C1)N1CCN(c2ccccc2)CC1.I. The predicted octanol–water partition coefficient (Wildman–Crippen LogP) is 2.89. The second-order valence-electron chi connectivity index (χ2n) is 7.24. The van der Waals surface area contributed by atoms with Crippen molar-refractivity contribution in [3.8, 4) is 0 Å². The van der Waals surface area contributed by atoms with Crippen molar-refractivity contribution in [1.29, 1.82) is 0 Å². The molecule has 1 aromatic rings. The molecule has 28 heavy (non-hydrogen) atoms. The molecule has 1 atom stereocenters. The van der Waals surface area contributed by atoms with Crippen LogP contribution in [-0.4, -0.2) is 81.3 Å². The second-order valence-corrected chi connectivity index (χ2v) is 7.24. The van der Waals surface area contributed by atoms with Crippen molar-refractivity contribution >= 4 is 35.6 Å². The summed E-state index contributed by atoms with van der Waals surface area (Å²) < 4.78 is 37.5. The maximum absolute atomic E-state index is 12.5. The molecule has 0 aromatic heterocycles. The maximum Gasteiger partial charge on any atom is 0.401 e. The number of para-hydroxylation sites is 1. The van der Waals surface area contributed by atoms with Gasteiger partial charge in [-0.05, 0) is 31.0 Å². The first kappa shape index (κ1) is 23.1. The number of hydrogen-bond acceptors (Lipinski definition) is 3. The van der Waals surface area contributed by atoms with Gasteiger partial charge in [0.05, 0.1) is 6.54 Å². The molecule has 3 rings (SSSR count). The number of anilines is 1. The molecule has 0 radical (unpaired) electrons. The number of rotatable bonds is 4. The number of aliphatic imine (C=N–C) groups is 1. The van der Waals surface area contributed by atoms with Crippen molar-refractivity contribution in [2.75, 3.05) is 64.3 Å². The standard InChI is InChI=1S/C19H28F3N5.HI/c1-23-18(24-13-16-7-8-25(14-16)15-19(20,21)22)27-11-9-26(10-12-27)17-5-3-2-4-6-17;/h2-6,16H,7-15H2,1H3,(H,23,24);1H. The van der Waals surface area contributed by atoms with E-state index in [4.69, 9.17) is 0 Å². The summed E-state index contributed by atoms with van der Waals surface area (Å²) in [5, 5.41) is 3.37. The third-order valence-electron chi connectivity index (χ3n) is 5.23. The summed E-state index contributed by atoms with van der Waals surface area (Å²) in [6.45, 7) is 4.46. The van der Waals surface area contributed by atoms with E-state index in [0.29, 0.717) is 19.6 Å². The van der Waals surface area contributed by atoms with E-state index >= 15 is 0 Å². The van der Waals surface area contributed by atoms with E-state index in [-0.39, 0.29) is 29.9 Å². The number of hydrogen-bond donors (Lipinski definition) is 1. The van der Waals surface area contributed by atoms with E-state index in [1.165, 1.54) is 10.6 Å². The van der Waals surface area contributed by atoms with Crippen molar-refractivity contribution in [2.24, 2.45) is 10.9 Å². The maximum atomic E-state index is 12.5. The molecule has 1 N–H and O–H groups in total. The van der Waals surface area contributed by atoms with Crippen LogP contribution in [0.2, 0.25) is 0 Å². The van der Waals surface area contributed by atoms with E-state index in [9.17, 15) is 13.2 Å². The molecule has 2 aliphatic rings. The number of alkyl halides is 3. The van der Waals surface area contributed by atoms with Crippen LogP contribution < -0.4 is 10.2 Å². The van der Waals surface area contributed by atoms with E-state index < -0.39 is 12.7 Å². The summed E-state index contributed by atoms with van der Waals surface area (Å²) >= 11 is 0. The van der Waals surface area contributed by atoms with Crippen LogP contribution in [0.3, 0.4) is 0 Å². The molecule has 9 heteroatoms. The fourth-order valence-corrected chi connectivity index (χ4v) is 3.86. The Morgan fingerprint density at radius 1 is 1.11 bits per heavy atom. The van der Waals surface area contributed by atoms with Gasteiger partial charge in [-0.3, -0.25) is 9.89 Å². The lowest BCUT2D eigenvalue weighted by Crippen LogP contribution is -2.53. The van der Waals surface area contributed by atoms with Crippen molar-refractivity contribution in [3.05, 3.63) is 30.3 Å². The summed E-state index contributed by atoms with van der Waals surface area (Å²) in [5.41, 5.74) is 1.23. The van der Waals surface area contributed by atoms with Crippen LogP contribution in [0.4, 0.5) is 18.9 Å². The monoisotopic (exact) mass is 511 g/mol. The Morgan fingerprint density at radius 3 is 2.39 bits per heavy atom. The molecule has 0 spiro atoms. The molecule has 1 aromatic carbocycles. The predicted molar refractivity (Wildman–Crippen MR) is 118 cm³/mol. The van der Waals surface area contributed by atoms with E-state index in [1.54, 1.807) is 7.05 Å². The van der Waals surface area contributed by atoms with Crippen molar-refractivity contribution in [1.82, 2.24) is 15.1 Å². The van der Waals surface area contributed by atoms with Crippen LogP contribution in [0.25, 0.3) is 0 Å². The smallest absolute Gasteiger partial charge is 0.368 e. The van der Waals surface area contributed by atoms with Gasteiger partial charge < -0.3 is 15.1 Å². The highest BCUT2D eigenvalue weighted by Crippen LogP contribution is 2.22. The molecule has 158 valence electrons. The minimum Gasteiger partial charge on any atom is -0.368 e. The number of guanidine groups is 1. The van der Waals surface area contributed by atoms with Crippen LogP contribution in [0.1, 0.15) is 6.42 Å². The van der Waals surface area contributed by atoms with Gasteiger partial charge in [0.1, 0.15) is 0 Å². The quantitative estimate of drug-likeness (QED) is 0.383. The van der Waals surface area contributed by atoms with Gasteiger partial charge in [0, 0.05) is 52.0 Å². The number of likely N-dealkylation sites (tertiary alicyclic amines) is 1. The van der Waals surface area contributed by atoms with Crippen LogP contribution in [0, 0.1) is 5.92 Å². The minimum absolute atomic E-state index is 0. The lowest BCUT2D eigenvalue weighted by molar-refractivity contribution is -0.143. The molecule has 2 fully saturated rings. The average molecular weight is 511 g/mol. The Hall–Kier alpha value is -1.23. The Morgan fingerprint density at radius 2 is 1.79 bits per heavy atom. The summed E-state index contributed by atoms with van der Waals surface area (Å²) in [5.74, 6) is 1.08. The molecule has 2 heterocycles. The molecule has 5 nitrogen and oxygen atoms in total. The fourth-order valence-electron chi connectivity index (χ4n) is 3.86. The zero-order valence-corrected chi connectivity index (χ0v) is 18.5. The topological polar surface area (TPSA) is 34.1 Å². The molecular weight excluding hydrogens is 482 g/mol. The summed E-state index contributed by atoms with van der Waals surface area (Å²) in [4.78, 5) is 10.4. The first-order valence-electron chi connectivity index (χ1n) is 9.49. The Kier molecular flexibility index (Phi) is 8.66. The number of piperazine rings is 1. The van der Waals surface area contributed by atoms with Crippen LogP contribution in [-0.2, 0) is 0 Å². The number of benzene rings is 1. The largest absolute Gasteiger partial charge is 0.401 e. The van der Waals surface area contributed by atoms with Gasteiger partial charge >= 0.3 is 6.18 Å². The molecule has 2 aliphatic heterocycles. The first-order valence-corrected chi connectivity index (χ1v) is 9.49. The fraction of sp³-hybridized carbons (Fsp3) is 0.632. The average Bonchev–Trinajstić information content (AvgIpc) is 3.09. The number of nitrogens with zero attached hydrogens (tertiary/aromatic N) is 4. The molecular formula is C19H29F3IN5. The molecule has 2 saturated heterocycles. The van der Waals surface area contributed by atoms with Gasteiger partial charge in [0.15, 0.2) is 5.96 Å². The van der Waals surface area contributed by atoms with Gasteiger partial charge in [-0.15, -0.1) is 24.0 Å². The lowest BCUT2D eigenvalue weighted by Gasteiger charge is -2.38. The highest BCUT2D eigenvalue weighted by atomic mass is 127. The van der Waals surface area contributed by atoms with Gasteiger partial charge in [0.2, 0.25) is 0 Å². The minimum atomic E-state index is -4.11. The molecule has 0 aliphatic carbocycles. The van der Waals surface area contributed by atoms with E-state index in [0.717, 1.165) is 38.6 Å². The van der Waals surface area contributed by atoms with Crippen LogP contribution >= 0.6 is 24.0 Å². The number of nitrogens with one attached hydrogen (secondary N) is 1. The Labute approximate surface area is 182 Å². The second kappa shape index (κ2) is 10.5. The van der Waals surface area contributed by atoms with Crippen molar-refractivity contribution < 1.29 is 13.2 Å². The highest BCUT2D eigenvalue weighted by molar-refractivity contribution is 14.0. The van der Waals surface area contributed by atoms with Gasteiger partial charge in [0.25, 0.3) is 0 Å². The Balaban J connectivity index is 0.00000280.